The van der Waals surface area contributed by atoms with E-state index in [9.17, 15) is 18.4 Å². The van der Waals surface area contributed by atoms with Gasteiger partial charge in [0.1, 0.15) is 23.1 Å². The quantitative estimate of drug-likeness (QED) is 0.658. The van der Waals surface area contributed by atoms with Gasteiger partial charge in [0.25, 0.3) is 5.91 Å². The van der Waals surface area contributed by atoms with Crippen molar-refractivity contribution in [2.75, 3.05) is 0 Å². The van der Waals surface area contributed by atoms with E-state index in [4.69, 9.17) is 9.15 Å². The Bertz CT molecular complexity index is 969. The maximum atomic E-state index is 13.0. The number of carbonyl (C=O) groups is 2. The summed E-state index contributed by atoms with van der Waals surface area (Å²) in [5.74, 6) is -1.43. The molecule has 2 N–H and O–H groups in total. The number of ether oxygens (including phenoxy) is 1. The number of carbonyl (C=O) groups excluding carboxylic acids is 2. The van der Waals surface area contributed by atoms with Crippen molar-refractivity contribution in [3.05, 3.63) is 78.1 Å². The van der Waals surface area contributed by atoms with Crippen LogP contribution < -0.4 is 15.6 Å². The molecule has 0 saturated heterocycles. The molecule has 0 fully saturated rings. The van der Waals surface area contributed by atoms with Crippen molar-refractivity contribution in [3.63, 3.8) is 0 Å². The summed E-state index contributed by atoms with van der Waals surface area (Å²) < 4.78 is 36.6. The van der Waals surface area contributed by atoms with Crippen LogP contribution in [-0.2, 0) is 4.79 Å². The summed E-state index contributed by atoms with van der Waals surface area (Å²) >= 11 is 0. The van der Waals surface area contributed by atoms with Gasteiger partial charge < -0.3 is 9.15 Å². The molecule has 0 spiro atoms. The molecule has 0 saturated carbocycles. The SMILES string of the molecule is C[C@@H](Oc1ccc(F)cc1)C(=O)NNC(=O)c1ccc(-c2ccc(F)cc2)o1. The Hall–Kier alpha value is -3.68. The van der Waals surface area contributed by atoms with E-state index >= 15 is 0 Å². The van der Waals surface area contributed by atoms with Crippen LogP contribution in [0.15, 0.2) is 65.1 Å². The average molecular weight is 386 g/mol. The molecule has 2 amide bonds. The lowest BCUT2D eigenvalue weighted by atomic mass is 10.2. The van der Waals surface area contributed by atoms with Crippen LogP contribution in [0.2, 0.25) is 0 Å². The van der Waals surface area contributed by atoms with E-state index in [1.165, 1.54) is 61.5 Å². The van der Waals surface area contributed by atoms with Crippen LogP contribution in [0.5, 0.6) is 5.75 Å². The van der Waals surface area contributed by atoms with Crippen molar-refractivity contribution in [2.45, 2.75) is 13.0 Å². The molecule has 6 nitrogen and oxygen atoms in total. The third kappa shape index (κ3) is 4.73. The molecule has 0 aliphatic rings. The molecule has 1 aromatic heterocycles. The summed E-state index contributed by atoms with van der Waals surface area (Å²) in [4.78, 5) is 24.1. The maximum absolute atomic E-state index is 13.0. The van der Waals surface area contributed by atoms with Crippen LogP contribution in [0.3, 0.4) is 0 Å². The van der Waals surface area contributed by atoms with Gasteiger partial charge in [0.2, 0.25) is 0 Å². The first kappa shape index (κ1) is 19.1. The molecule has 0 unspecified atom stereocenters. The number of amides is 2. The Balaban J connectivity index is 1.54. The number of nitrogens with one attached hydrogen (secondary N) is 2. The Morgan fingerprint density at radius 1 is 0.893 bits per heavy atom. The van der Waals surface area contributed by atoms with Gasteiger partial charge in [-0.3, -0.25) is 20.4 Å². The second kappa shape index (κ2) is 8.34. The normalized spacial score (nSPS) is 11.5. The lowest BCUT2D eigenvalue weighted by molar-refractivity contribution is -0.128. The zero-order valence-corrected chi connectivity index (χ0v) is 14.7. The van der Waals surface area contributed by atoms with Gasteiger partial charge >= 0.3 is 5.91 Å². The van der Waals surface area contributed by atoms with Crippen LogP contribution in [0, 0.1) is 11.6 Å². The monoisotopic (exact) mass is 386 g/mol. The minimum absolute atomic E-state index is 0.0354. The minimum atomic E-state index is -0.933. The van der Waals surface area contributed by atoms with Crippen molar-refractivity contribution < 1.29 is 27.5 Å². The maximum Gasteiger partial charge on any atom is 0.305 e. The minimum Gasteiger partial charge on any atom is -0.481 e. The van der Waals surface area contributed by atoms with Crippen LogP contribution in [0.1, 0.15) is 17.5 Å². The fourth-order valence-corrected chi connectivity index (χ4v) is 2.28. The number of benzene rings is 2. The van der Waals surface area contributed by atoms with Gasteiger partial charge in [-0.05, 0) is 67.6 Å². The second-order valence-electron chi connectivity index (χ2n) is 5.83. The Kier molecular flexibility index (Phi) is 5.69. The predicted molar refractivity (Wildman–Crippen MR) is 96.2 cm³/mol. The molecule has 0 aliphatic carbocycles. The Morgan fingerprint density at radius 2 is 1.50 bits per heavy atom. The Morgan fingerprint density at radius 3 is 2.14 bits per heavy atom. The molecule has 0 bridgehead atoms. The third-order valence-electron chi connectivity index (χ3n) is 3.75. The van der Waals surface area contributed by atoms with E-state index in [0.717, 1.165) is 0 Å². The van der Waals surface area contributed by atoms with E-state index in [2.05, 4.69) is 10.9 Å². The number of rotatable bonds is 5. The fourth-order valence-electron chi connectivity index (χ4n) is 2.28. The number of furan rings is 1. The number of hydrogen-bond donors (Lipinski definition) is 2. The largest absolute Gasteiger partial charge is 0.481 e. The highest BCUT2D eigenvalue weighted by atomic mass is 19.1. The molecule has 28 heavy (non-hydrogen) atoms. The predicted octanol–water partition coefficient (Wildman–Crippen LogP) is 3.45. The van der Waals surface area contributed by atoms with Gasteiger partial charge in [-0.2, -0.15) is 0 Å². The molecule has 3 aromatic rings. The van der Waals surface area contributed by atoms with E-state index in [0.29, 0.717) is 17.1 Å². The summed E-state index contributed by atoms with van der Waals surface area (Å²) in [6.45, 7) is 1.48. The van der Waals surface area contributed by atoms with Crippen LogP contribution in [0.25, 0.3) is 11.3 Å². The first-order chi connectivity index (χ1) is 13.4. The molecule has 2 aromatic carbocycles. The first-order valence-corrected chi connectivity index (χ1v) is 8.30. The van der Waals surface area contributed by atoms with Crippen molar-refractivity contribution in [3.8, 4) is 17.1 Å². The lowest BCUT2D eigenvalue weighted by Crippen LogP contribution is -2.47. The van der Waals surface area contributed by atoms with Crippen molar-refractivity contribution in [2.24, 2.45) is 0 Å². The summed E-state index contributed by atoms with van der Waals surface area (Å²) in [5.41, 5.74) is 5.04. The molecular weight excluding hydrogens is 370 g/mol. The van der Waals surface area contributed by atoms with Gasteiger partial charge in [0.15, 0.2) is 11.9 Å². The number of hydrogen-bond acceptors (Lipinski definition) is 4. The van der Waals surface area contributed by atoms with Gasteiger partial charge in [-0.1, -0.05) is 0 Å². The van der Waals surface area contributed by atoms with Crippen molar-refractivity contribution >= 4 is 11.8 Å². The average Bonchev–Trinajstić information content (AvgIpc) is 3.18. The highest BCUT2D eigenvalue weighted by Gasteiger charge is 2.17. The Labute approximate surface area is 159 Å². The molecule has 8 heteroatoms. The van der Waals surface area contributed by atoms with Gasteiger partial charge in [-0.15, -0.1) is 0 Å². The molecular formula is C20H16F2N2O4. The molecule has 3 rings (SSSR count). The van der Waals surface area contributed by atoms with E-state index < -0.39 is 23.7 Å². The molecule has 1 heterocycles. The van der Waals surface area contributed by atoms with E-state index in [1.54, 1.807) is 6.07 Å². The molecule has 144 valence electrons. The zero-order valence-electron chi connectivity index (χ0n) is 14.7. The zero-order chi connectivity index (χ0) is 20.1. The highest BCUT2D eigenvalue weighted by molar-refractivity contribution is 5.94. The second-order valence-corrected chi connectivity index (χ2v) is 5.83. The van der Waals surface area contributed by atoms with Crippen LogP contribution >= 0.6 is 0 Å². The van der Waals surface area contributed by atoms with Gasteiger partial charge in [0.05, 0.1) is 0 Å². The van der Waals surface area contributed by atoms with Gasteiger partial charge in [-0.25, -0.2) is 8.78 Å². The number of halogens is 2. The summed E-state index contributed by atoms with van der Waals surface area (Å²) in [7, 11) is 0. The van der Waals surface area contributed by atoms with E-state index in [-0.39, 0.29) is 11.6 Å². The molecule has 0 aliphatic heterocycles. The lowest BCUT2D eigenvalue weighted by Gasteiger charge is -2.14. The third-order valence-corrected chi connectivity index (χ3v) is 3.75. The van der Waals surface area contributed by atoms with E-state index in [1.807, 2.05) is 0 Å². The topological polar surface area (TPSA) is 80.6 Å². The molecule has 1 atom stereocenters. The standard InChI is InChI=1S/C20H16F2N2O4/c1-12(27-16-8-6-15(22)7-9-16)19(25)23-24-20(26)18-11-10-17(28-18)13-2-4-14(21)5-3-13/h2-12H,1H3,(H,23,25)(H,24,26)/t12-/m1/s1. The fraction of sp³-hybridized carbons (Fsp3) is 0.100. The highest BCUT2D eigenvalue weighted by Crippen LogP contribution is 2.22. The number of hydrazine groups is 1. The van der Waals surface area contributed by atoms with Gasteiger partial charge in [0, 0.05) is 5.56 Å². The smallest absolute Gasteiger partial charge is 0.305 e. The van der Waals surface area contributed by atoms with Crippen molar-refractivity contribution in [1.82, 2.24) is 10.9 Å². The van der Waals surface area contributed by atoms with Crippen LogP contribution in [0.4, 0.5) is 8.78 Å². The first-order valence-electron chi connectivity index (χ1n) is 8.30. The summed E-state index contributed by atoms with van der Waals surface area (Å²) in [6, 6.07) is 13.8. The van der Waals surface area contributed by atoms with Crippen LogP contribution in [-0.4, -0.2) is 17.9 Å². The summed E-state index contributed by atoms with van der Waals surface area (Å²) in [6.07, 6.45) is -0.933. The van der Waals surface area contributed by atoms with Crippen molar-refractivity contribution in [1.29, 1.82) is 0 Å². The summed E-state index contributed by atoms with van der Waals surface area (Å²) in [5, 5.41) is 0. The molecule has 0 radical (unpaired) electrons.